The molecular formula is C29H33N3O7S. The molecule has 0 aliphatic carbocycles. The molecule has 1 aliphatic rings. The molecule has 11 heteroatoms. The second-order valence-corrected chi connectivity index (χ2v) is 10.3. The lowest BCUT2D eigenvalue weighted by Crippen LogP contribution is -2.46. The Morgan fingerprint density at radius 1 is 1.07 bits per heavy atom. The van der Waals surface area contributed by atoms with Crippen molar-refractivity contribution >= 4 is 50.5 Å². The van der Waals surface area contributed by atoms with Crippen LogP contribution in [0.5, 0.6) is 5.75 Å². The average molecular weight is 568 g/mol. The highest BCUT2D eigenvalue weighted by atomic mass is 32.1. The van der Waals surface area contributed by atoms with Crippen molar-refractivity contribution in [1.82, 2.24) is 9.88 Å². The maximum absolute atomic E-state index is 11.5. The van der Waals surface area contributed by atoms with Gasteiger partial charge in [0, 0.05) is 54.1 Å². The number of carboxylic acid groups (broad SMARTS) is 1. The quantitative estimate of drug-likeness (QED) is 0.184. The van der Waals surface area contributed by atoms with E-state index in [1.807, 2.05) is 35.6 Å². The SMILES string of the molecule is O=COCC(O)C(=O)O.O=c1ccc2ccc(OCCCCN3CCN(c4cccc5sccc45)CC3)cc2[nH]1. The molecular weight excluding hydrogens is 534 g/mol. The highest BCUT2D eigenvalue weighted by Crippen LogP contribution is 2.31. The van der Waals surface area contributed by atoms with Gasteiger partial charge in [-0.15, -0.1) is 11.3 Å². The van der Waals surface area contributed by atoms with Gasteiger partial charge in [0.15, 0.2) is 6.10 Å². The molecule has 1 atom stereocenters. The molecule has 3 heterocycles. The van der Waals surface area contributed by atoms with Crippen LogP contribution in [-0.4, -0.2) is 84.6 Å². The van der Waals surface area contributed by atoms with E-state index in [0.717, 1.165) is 62.2 Å². The molecule has 2 aromatic carbocycles. The largest absolute Gasteiger partial charge is 0.494 e. The Labute approximate surface area is 235 Å². The second kappa shape index (κ2) is 14.5. The maximum Gasteiger partial charge on any atom is 0.336 e. The summed E-state index contributed by atoms with van der Waals surface area (Å²) in [5.41, 5.74) is 2.11. The van der Waals surface area contributed by atoms with E-state index in [2.05, 4.69) is 49.2 Å². The van der Waals surface area contributed by atoms with Gasteiger partial charge in [-0.3, -0.25) is 14.5 Å². The zero-order valence-corrected chi connectivity index (χ0v) is 22.8. The number of aliphatic hydroxyl groups excluding tert-OH is 1. The number of thiophene rings is 1. The predicted octanol–water partition coefficient (Wildman–Crippen LogP) is 3.33. The van der Waals surface area contributed by atoms with E-state index in [0.29, 0.717) is 6.61 Å². The normalized spacial score (nSPS) is 14.4. The summed E-state index contributed by atoms with van der Waals surface area (Å²) in [7, 11) is 0. The van der Waals surface area contributed by atoms with E-state index >= 15 is 0 Å². The molecule has 1 unspecified atom stereocenters. The third kappa shape index (κ3) is 8.04. The molecule has 4 aromatic rings. The Morgan fingerprint density at radius 3 is 2.65 bits per heavy atom. The van der Waals surface area contributed by atoms with Crippen LogP contribution in [0, 0.1) is 0 Å². The number of pyridine rings is 1. The van der Waals surface area contributed by atoms with Crippen LogP contribution in [0.15, 0.2) is 64.8 Å². The number of H-pyrrole nitrogens is 1. The third-order valence-electron chi connectivity index (χ3n) is 6.63. The number of rotatable bonds is 11. The minimum absolute atomic E-state index is 0.0756. The first-order chi connectivity index (χ1) is 19.4. The number of ether oxygens (including phenoxy) is 2. The van der Waals surface area contributed by atoms with Crippen molar-refractivity contribution in [3.63, 3.8) is 0 Å². The Morgan fingerprint density at radius 2 is 1.88 bits per heavy atom. The lowest BCUT2D eigenvalue weighted by Gasteiger charge is -2.36. The number of piperazine rings is 1. The van der Waals surface area contributed by atoms with Crippen LogP contribution in [0.25, 0.3) is 21.0 Å². The Balaban J connectivity index is 0.000000357. The predicted molar refractivity (Wildman–Crippen MR) is 155 cm³/mol. The number of aromatic nitrogens is 1. The molecule has 5 rings (SSSR count). The zero-order valence-electron chi connectivity index (χ0n) is 22.0. The van der Waals surface area contributed by atoms with Gasteiger partial charge in [-0.2, -0.15) is 0 Å². The lowest BCUT2D eigenvalue weighted by atomic mass is 10.2. The lowest BCUT2D eigenvalue weighted by molar-refractivity contribution is -0.151. The van der Waals surface area contributed by atoms with Gasteiger partial charge in [-0.25, -0.2) is 4.79 Å². The molecule has 10 nitrogen and oxygen atoms in total. The van der Waals surface area contributed by atoms with Gasteiger partial charge < -0.3 is 29.6 Å². The minimum atomic E-state index is -1.62. The van der Waals surface area contributed by atoms with E-state index in [1.165, 1.54) is 15.8 Å². The Bertz CT molecular complexity index is 1460. The summed E-state index contributed by atoms with van der Waals surface area (Å²) < 4.78 is 11.2. The number of hydrogen-bond donors (Lipinski definition) is 3. The van der Waals surface area contributed by atoms with Gasteiger partial charge in [0.1, 0.15) is 12.4 Å². The van der Waals surface area contributed by atoms with Gasteiger partial charge in [-0.05, 0) is 66.6 Å². The summed E-state index contributed by atoms with van der Waals surface area (Å²) in [5.74, 6) is -0.595. The van der Waals surface area contributed by atoms with Crippen LogP contribution in [-0.2, 0) is 14.3 Å². The molecule has 0 bridgehead atoms. The first kappa shape index (κ1) is 29.1. The number of nitrogens with zero attached hydrogens (tertiary/aromatic N) is 2. The standard InChI is InChI=1S/C25H27N3O2S.C4H6O5/c29-25-9-7-19-6-8-20(18-22(19)26-25)30-16-2-1-11-27-12-14-28(15-13-27)23-4-3-5-24-21(23)10-17-31-24;5-2-9-1-3(6)4(7)8/h3-10,17-18H,1-2,11-16H2,(H,26,29);2-3,6H,1H2,(H,7,8). The Kier molecular flexibility index (Phi) is 10.5. The van der Waals surface area contributed by atoms with Gasteiger partial charge in [0.05, 0.1) is 12.1 Å². The maximum atomic E-state index is 11.5. The van der Waals surface area contributed by atoms with Crippen molar-refractivity contribution in [3.05, 3.63) is 70.3 Å². The average Bonchev–Trinajstić information content (AvgIpc) is 3.45. The number of carboxylic acids is 1. The number of anilines is 1. The fourth-order valence-electron chi connectivity index (χ4n) is 4.51. The van der Waals surface area contributed by atoms with Crippen LogP contribution in [0.4, 0.5) is 5.69 Å². The topological polar surface area (TPSA) is 132 Å². The summed E-state index contributed by atoms with van der Waals surface area (Å²) in [6, 6.07) is 18.1. The number of carbonyl (C=O) groups excluding carboxylic acids is 1. The first-order valence-corrected chi connectivity index (χ1v) is 14.0. The number of fused-ring (bicyclic) bond motifs is 2. The molecule has 212 valence electrons. The van der Waals surface area contributed by atoms with E-state index in [-0.39, 0.29) is 12.0 Å². The smallest absolute Gasteiger partial charge is 0.336 e. The third-order valence-corrected chi connectivity index (χ3v) is 7.51. The number of aliphatic hydroxyl groups is 1. The first-order valence-electron chi connectivity index (χ1n) is 13.1. The summed E-state index contributed by atoms with van der Waals surface area (Å²) in [6.45, 7) is 5.78. The van der Waals surface area contributed by atoms with E-state index in [4.69, 9.17) is 14.9 Å². The molecule has 0 amide bonds. The van der Waals surface area contributed by atoms with Crippen molar-refractivity contribution in [2.45, 2.75) is 18.9 Å². The molecule has 40 heavy (non-hydrogen) atoms. The molecule has 1 saturated heterocycles. The zero-order chi connectivity index (χ0) is 28.3. The second-order valence-electron chi connectivity index (χ2n) is 9.35. The van der Waals surface area contributed by atoms with Gasteiger partial charge in [0.25, 0.3) is 6.47 Å². The van der Waals surface area contributed by atoms with E-state index in [1.54, 1.807) is 6.07 Å². The number of aromatic amines is 1. The van der Waals surface area contributed by atoms with Crippen molar-refractivity contribution in [1.29, 1.82) is 0 Å². The number of benzene rings is 2. The van der Waals surface area contributed by atoms with E-state index < -0.39 is 18.7 Å². The van der Waals surface area contributed by atoms with Gasteiger partial charge in [0.2, 0.25) is 5.56 Å². The number of nitrogens with one attached hydrogen (secondary N) is 1. The minimum Gasteiger partial charge on any atom is -0.494 e. The summed E-state index contributed by atoms with van der Waals surface area (Å²) in [4.78, 5) is 38.6. The monoisotopic (exact) mass is 567 g/mol. The van der Waals surface area contributed by atoms with Gasteiger partial charge in [-0.1, -0.05) is 6.07 Å². The fourth-order valence-corrected chi connectivity index (χ4v) is 5.32. The molecule has 3 N–H and O–H groups in total. The molecule has 1 aliphatic heterocycles. The molecule has 0 radical (unpaired) electrons. The fraction of sp³-hybridized carbons (Fsp3) is 0.345. The highest BCUT2D eigenvalue weighted by Gasteiger charge is 2.18. The van der Waals surface area contributed by atoms with Gasteiger partial charge >= 0.3 is 5.97 Å². The van der Waals surface area contributed by atoms with Crippen molar-refractivity contribution in [2.75, 3.05) is 50.8 Å². The summed E-state index contributed by atoms with van der Waals surface area (Å²) in [5, 5.41) is 20.9. The molecule has 1 fully saturated rings. The van der Waals surface area contributed by atoms with Crippen molar-refractivity contribution in [2.24, 2.45) is 0 Å². The summed E-state index contributed by atoms with van der Waals surface area (Å²) >= 11 is 1.82. The van der Waals surface area contributed by atoms with Crippen LogP contribution in [0.3, 0.4) is 0 Å². The molecule has 2 aromatic heterocycles. The van der Waals surface area contributed by atoms with E-state index in [9.17, 15) is 14.4 Å². The van der Waals surface area contributed by atoms with Crippen LogP contribution in [0.2, 0.25) is 0 Å². The number of carbonyl (C=O) groups is 2. The number of hydrogen-bond acceptors (Lipinski definition) is 9. The van der Waals surface area contributed by atoms with Crippen LogP contribution < -0.4 is 15.2 Å². The number of unbranched alkanes of at least 4 members (excludes halogenated alkanes) is 1. The van der Waals surface area contributed by atoms with Crippen molar-refractivity contribution in [3.8, 4) is 5.75 Å². The molecule has 0 saturated carbocycles. The van der Waals surface area contributed by atoms with Crippen LogP contribution >= 0.6 is 11.3 Å². The molecule has 0 spiro atoms. The highest BCUT2D eigenvalue weighted by molar-refractivity contribution is 7.17. The number of aliphatic carboxylic acids is 1. The summed E-state index contributed by atoms with van der Waals surface area (Å²) in [6.07, 6.45) is 0.540. The van der Waals surface area contributed by atoms with Crippen molar-refractivity contribution < 1.29 is 29.3 Å². The Hall–Kier alpha value is -3.93. The van der Waals surface area contributed by atoms with Crippen LogP contribution in [0.1, 0.15) is 12.8 Å².